The maximum absolute atomic E-state index is 13.1. The predicted octanol–water partition coefficient (Wildman–Crippen LogP) is 5.46. The number of nitrogens with zero attached hydrogens (tertiary/aromatic N) is 2. The maximum atomic E-state index is 13.1. The van der Waals surface area contributed by atoms with Crippen LogP contribution in [0.1, 0.15) is 10.4 Å². The van der Waals surface area contributed by atoms with Crippen LogP contribution in [0.15, 0.2) is 101 Å². The molecular weight excluding hydrogens is 488 g/mol. The van der Waals surface area contributed by atoms with Crippen molar-refractivity contribution in [3.63, 3.8) is 0 Å². The molecular formula is C25H21BrN2O3S. The second kappa shape index (κ2) is 10.9. The third-order valence-electron chi connectivity index (χ3n) is 4.72. The molecule has 162 valence electrons. The molecule has 1 aromatic heterocycles. The molecule has 0 N–H and O–H groups in total. The van der Waals surface area contributed by atoms with E-state index in [4.69, 9.17) is 9.72 Å². The van der Waals surface area contributed by atoms with Crippen molar-refractivity contribution in [3.05, 3.63) is 107 Å². The summed E-state index contributed by atoms with van der Waals surface area (Å²) in [6.07, 6.45) is 0. The molecule has 4 rings (SSSR count). The van der Waals surface area contributed by atoms with Crippen molar-refractivity contribution in [1.29, 1.82) is 0 Å². The first-order valence-corrected chi connectivity index (χ1v) is 10.7. The zero-order valence-corrected chi connectivity index (χ0v) is 19.8. The summed E-state index contributed by atoms with van der Waals surface area (Å²) < 4.78 is 6.75. The fourth-order valence-corrected chi connectivity index (χ4v) is 4.03. The van der Waals surface area contributed by atoms with Crippen LogP contribution in [0.3, 0.4) is 0 Å². The van der Waals surface area contributed by atoms with Gasteiger partial charge in [-0.15, -0.1) is 17.0 Å². The minimum atomic E-state index is -0.207. The highest BCUT2D eigenvalue weighted by atomic mass is 79.9. The molecule has 0 bridgehead atoms. The molecule has 0 atom stereocenters. The summed E-state index contributed by atoms with van der Waals surface area (Å²) in [5.74, 6) is 0.883. The highest BCUT2D eigenvalue weighted by Gasteiger charge is 2.15. The Morgan fingerprint density at radius 3 is 2.19 bits per heavy atom. The van der Waals surface area contributed by atoms with Crippen molar-refractivity contribution in [3.8, 4) is 22.7 Å². The third-order valence-corrected chi connectivity index (χ3v) is 5.65. The lowest BCUT2D eigenvalue weighted by Gasteiger charge is -2.13. The number of ketones is 1. The summed E-state index contributed by atoms with van der Waals surface area (Å²) in [6.45, 7) is 0. The third kappa shape index (κ3) is 5.36. The number of hydrogen-bond donors (Lipinski definition) is 0. The van der Waals surface area contributed by atoms with E-state index in [0.29, 0.717) is 22.1 Å². The van der Waals surface area contributed by atoms with Gasteiger partial charge in [-0.2, -0.15) is 0 Å². The Hall–Kier alpha value is -3.16. The quantitative estimate of drug-likeness (QED) is 0.188. The van der Waals surface area contributed by atoms with Gasteiger partial charge in [-0.25, -0.2) is 4.98 Å². The van der Waals surface area contributed by atoms with Crippen LogP contribution in [0.25, 0.3) is 16.9 Å². The lowest BCUT2D eigenvalue weighted by atomic mass is 10.1. The lowest BCUT2D eigenvalue weighted by Crippen LogP contribution is -2.21. The number of benzene rings is 3. The zero-order valence-electron chi connectivity index (χ0n) is 17.3. The van der Waals surface area contributed by atoms with Crippen molar-refractivity contribution < 1.29 is 9.53 Å². The summed E-state index contributed by atoms with van der Waals surface area (Å²) in [4.78, 5) is 30.4. The first-order chi connectivity index (χ1) is 15.2. The Morgan fingerprint density at radius 1 is 0.938 bits per heavy atom. The average molecular weight is 509 g/mol. The number of rotatable bonds is 7. The van der Waals surface area contributed by atoms with Gasteiger partial charge in [-0.3, -0.25) is 14.2 Å². The Morgan fingerprint density at radius 2 is 1.56 bits per heavy atom. The lowest BCUT2D eigenvalue weighted by molar-refractivity contribution is 0.102. The van der Waals surface area contributed by atoms with Gasteiger partial charge in [0.25, 0.3) is 5.56 Å². The Bertz CT molecular complexity index is 1240. The highest BCUT2D eigenvalue weighted by molar-refractivity contribution is 8.93. The molecule has 1 heterocycles. The Labute approximate surface area is 200 Å². The highest BCUT2D eigenvalue weighted by Crippen LogP contribution is 2.25. The van der Waals surface area contributed by atoms with Gasteiger partial charge in [-0.1, -0.05) is 60.3 Å². The molecule has 0 saturated heterocycles. The fourth-order valence-electron chi connectivity index (χ4n) is 3.12. The number of halogens is 1. The normalized spacial score (nSPS) is 10.3. The number of ether oxygens (including phenoxy) is 1. The molecule has 7 heteroatoms. The van der Waals surface area contributed by atoms with E-state index in [2.05, 4.69) is 0 Å². The van der Waals surface area contributed by atoms with Crippen LogP contribution in [0.2, 0.25) is 0 Å². The maximum Gasteiger partial charge on any atom is 0.259 e. The molecule has 4 aromatic rings. The summed E-state index contributed by atoms with van der Waals surface area (Å²) in [7, 11) is 1.60. The molecule has 0 aliphatic rings. The van der Waals surface area contributed by atoms with Crippen molar-refractivity contribution >= 4 is 34.5 Å². The van der Waals surface area contributed by atoms with Gasteiger partial charge in [0.05, 0.1) is 24.2 Å². The van der Waals surface area contributed by atoms with Gasteiger partial charge in [0.1, 0.15) is 5.75 Å². The molecule has 32 heavy (non-hydrogen) atoms. The van der Waals surface area contributed by atoms with Crippen LogP contribution in [0.4, 0.5) is 0 Å². The van der Waals surface area contributed by atoms with Crippen molar-refractivity contribution in [2.75, 3.05) is 12.9 Å². The molecule has 5 nitrogen and oxygen atoms in total. The largest absolute Gasteiger partial charge is 0.497 e. The van der Waals surface area contributed by atoms with E-state index in [1.54, 1.807) is 19.2 Å². The van der Waals surface area contributed by atoms with E-state index in [-0.39, 0.29) is 34.1 Å². The van der Waals surface area contributed by atoms with Gasteiger partial charge in [-0.05, 0) is 36.4 Å². The fraction of sp³-hybridized carbons (Fsp3) is 0.0800. The zero-order chi connectivity index (χ0) is 21.6. The molecule has 0 aliphatic carbocycles. The second-order valence-electron chi connectivity index (χ2n) is 6.74. The van der Waals surface area contributed by atoms with Crippen molar-refractivity contribution in [2.45, 2.75) is 5.16 Å². The van der Waals surface area contributed by atoms with Crippen molar-refractivity contribution in [1.82, 2.24) is 9.55 Å². The second-order valence-corrected chi connectivity index (χ2v) is 7.68. The Kier molecular flexibility index (Phi) is 8.03. The van der Waals surface area contributed by atoms with Gasteiger partial charge in [0.15, 0.2) is 10.9 Å². The molecule has 0 saturated carbocycles. The van der Waals surface area contributed by atoms with E-state index in [0.717, 1.165) is 11.3 Å². The summed E-state index contributed by atoms with van der Waals surface area (Å²) >= 11 is 1.25. The Balaban J connectivity index is 0.00000289. The van der Waals surface area contributed by atoms with E-state index in [1.807, 2.05) is 72.8 Å². The van der Waals surface area contributed by atoms with E-state index < -0.39 is 0 Å². The minimum absolute atomic E-state index is 0. The first kappa shape index (κ1) is 23.5. The van der Waals surface area contributed by atoms with Gasteiger partial charge >= 0.3 is 0 Å². The molecule has 0 amide bonds. The van der Waals surface area contributed by atoms with Crippen LogP contribution in [-0.4, -0.2) is 28.2 Å². The summed E-state index contributed by atoms with van der Waals surface area (Å²) in [5.41, 5.74) is 2.48. The number of thioether (sulfide) groups is 1. The summed E-state index contributed by atoms with van der Waals surface area (Å²) in [5, 5.41) is 0.466. The summed E-state index contributed by atoms with van der Waals surface area (Å²) in [6, 6.07) is 27.3. The van der Waals surface area contributed by atoms with E-state index in [1.165, 1.54) is 22.4 Å². The van der Waals surface area contributed by atoms with Crippen LogP contribution in [-0.2, 0) is 0 Å². The predicted molar refractivity (Wildman–Crippen MR) is 134 cm³/mol. The number of Topliss-reactive ketones (excluding diaryl/α,β-unsaturated/α-hetero) is 1. The van der Waals surface area contributed by atoms with Gasteiger partial charge < -0.3 is 4.74 Å². The van der Waals surface area contributed by atoms with Crippen LogP contribution in [0.5, 0.6) is 5.75 Å². The average Bonchev–Trinajstić information content (AvgIpc) is 2.83. The number of hydrogen-bond acceptors (Lipinski definition) is 5. The minimum Gasteiger partial charge on any atom is -0.497 e. The van der Waals surface area contributed by atoms with E-state index >= 15 is 0 Å². The molecule has 0 spiro atoms. The number of para-hydroxylation sites is 1. The SMILES string of the molecule is Br.COc1ccc(-c2cc(=O)n(-c3ccccc3)c(SCC(=O)c3ccccc3)n2)cc1. The van der Waals surface area contributed by atoms with Crippen molar-refractivity contribution in [2.24, 2.45) is 0 Å². The monoisotopic (exact) mass is 508 g/mol. The van der Waals surface area contributed by atoms with E-state index in [9.17, 15) is 9.59 Å². The molecule has 0 radical (unpaired) electrons. The molecule has 0 aliphatic heterocycles. The molecule has 0 fully saturated rings. The van der Waals surface area contributed by atoms with Crippen LogP contribution < -0.4 is 10.3 Å². The standard InChI is InChI=1S/C25H20N2O3S.BrH/c1-30-21-14-12-18(13-15-21)22-16-24(29)27(20-10-6-3-7-11-20)25(26-22)31-17-23(28)19-8-4-2-5-9-19;/h2-16H,17H2,1H3;1H. The smallest absolute Gasteiger partial charge is 0.259 e. The number of carbonyl (C=O) groups excluding carboxylic acids is 1. The van der Waals surface area contributed by atoms with Crippen LogP contribution >= 0.6 is 28.7 Å². The number of carbonyl (C=O) groups is 1. The van der Waals surface area contributed by atoms with Gasteiger partial charge in [0, 0.05) is 17.2 Å². The number of methoxy groups -OCH3 is 1. The first-order valence-electron chi connectivity index (χ1n) is 9.71. The number of aromatic nitrogens is 2. The molecule has 3 aromatic carbocycles. The van der Waals surface area contributed by atoms with Gasteiger partial charge in [0.2, 0.25) is 0 Å². The molecule has 0 unspecified atom stereocenters. The topological polar surface area (TPSA) is 61.2 Å². The van der Waals surface area contributed by atoms with Crippen LogP contribution in [0, 0.1) is 0 Å².